The molecule has 0 amide bonds. The molecule has 0 aromatic carbocycles. The van der Waals surface area contributed by atoms with Gasteiger partial charge in [0.15, 0.2) is 0 Å². The van der Waals surface area contributed by atoms with E-state index in [0.717, 1.165) is 38.6 Å². The van der Waals surface area contributed by atoms with Crippen molar-refractivity contribution in [2.75, 3.05) is 26.9 Å². The molecule has 2 rings (SSSR count). The third-order valence-electron chi connectivity index (χ3n) is 5.47. The Bertz CT molecular complexity index is 279. The van der Waals surface area contributed by atoms with Gasteiger partial charge in [-0.3, -0.25) is 0 Å². The van der Waals surface area contributed by atoms with Crippen LogP contribution in [0.5, 0.6) is 0 Å². The van der Waals surface area contributed by atoms with Crippen LogP contribution < -0.4 is 5.32 Å². The molecule has 2 aliphatic heterocycles. The van der Waals surface area contributed by atoms with E-state index in [1.807, 2.05) is 0 Å². The Balaban J connectivity index is 2.07. The molecule has 0 radical (unpaired) electrons. The molecule has 0 aromatic rings. The molecular formula is C16H31NO2. The highest BCUT2D eigenvalue weighted by atomic mass is 16.5. The van der Waals surface area contributed by atoms with Crippen molar-refractivity contribution in [3.05, 3.63) is 0 Å². The largest absolute Gasteiger partial charge is 0.381 e. The molecule has 0 saturated carbocycles. The van der Waals surface area contributed by atoms with Gasteiger partial charge in [-0.2, -0.15) is 0 Å². The molecule has 0 bridgehead atoms. The Morgan fingerprint density at radius 1 is 1.26 bits per heavy atom. The zero-order valence-electron chi connectivity index (χ0n) is 13.1. The molecule has 2 atom stereocenters. The maximum atomic E-state index is 6.17. The number of nitrogens with one attached hydrogen (secondary N) is 1. The molecule has 1 N–H and O–H groups in total. The normalized spacial score (nSPS) is 29.4. The summed E-state index contributed by atoms with van der Waals surface area (Å²) in [5, 5.41) is 3.60. The van der Waals surface area contributed by atoms with Crippen molar-refractivity contribution in [1.82, 2.24) is 5.32 Å². The summed E-state index contributed by atoms with van der Waals surface area (Å²) < 4.78 is 11.7. The second kappa shape index (κ2) is 6.11. The smallest absolute Gasteiger partial charge is 0.0729 e. The van der Waals surface area contributed by atoms with Gasteiger partial charge < -0.3 is 14.8 Å². The molecule has 3 heteroatoms. The minimum atomic E-state index is 0.111. The van der Waals surface area contributed by atoms with Crippen LogP contribution in [-0.2, 0) is 9.47 Å². The Morgan fingerprint density at radius 2 is 1.95 bits per heavy atom. The average molecular weight is 269 g/mol. The quantitative estimate of drug-likeness (QED) is 0.851. The molecular weight excluding hydrogens is 238 g/mol. The first kappa shape index (κ1) is 15.3. The zero-order valence-corrected chi connectivity index (χ0v) is 13.1. The van der Waals surface area contributed by atoms with Gasteiger partial charge in [-0.15, -0.1) is 0 Å². The third kappa shape index (κ3) is 3.32. The lowest BCUT2D eigenvalue weighted by atomic mass is 9.69. The molecule has 2 heterocycles. The lowest BCUT2D eigenvalue weighted by Crippen LogP contribution is -2.52. The number of ether oxygens (including phenoxy) is 2. The second-order valence-electron chi connectivity index (χ2n) is 7.01. The van der Waals surface area contributed by atoms with Crippen molar-refractivity contribution in [3.63, 3.8) is 0 Å². The van der Waals surface area contributed by atoms with Gasteiger partial charge in [0.05, 0.1) is 5.60 Å². The van der Waals surface area contributed by atoms with Gasteiger partial charge in [0.1, 0.15) is 0 Å². The van der Waals surface area contributed by atoms with Crippen molar-refractivity contribution >= 4 is 0 Å². The topological polar surface area (TPSA) is 30.5 Å². The van der Waals surface area contributed by atoms with E-state index in [2.05, 4.69) is 33.1 Å². The monoisotopic (exact) mass is 269 g/mol. The number of hydrogen-bond donors (Lipinski definition) is 1. The maximum absolute atomic E-state index is 6.17. The van der Waals surface area contributed by atoms with Crippen LogP contribution >= 0.6 is 0 Å². The summed E-state index contributed by atoms with van der Waals surface area (Å²) in [6.45, 7) is 9.74. The van der Waals surface area contributed by atoms with Crippen LogP contribution in [0.25, 0.3) is 0 Å². The molecule has 2 unspecified atom stereocenters. The zero-order chi connectivity index (χ0) is 13.9. The van der Waals surface area contributed by atoms with E-state index in [1.54, 1.807) is 0 Å². The van der Waals surface area contributed by atoms with Crippen LogP contribution in [0.4, 0.5) is 0 Å². The van der Waals surface area contributed by atoms with E-state index in [9.17, 15) is 0 Å². The summed E-state index contributed by atoms with van der Waals surface area (Å²) in [5.41, 5.74) is 0.462. The highest BCUT2D eigenvalue weighted by molar-refractivity contribution is 4.96. The predicted octanol–water partition coefficient (Wildman–Crippen LogP) is 2.99. The third-order valence-corrected chi connectivity index (χ3v) is 5.47. The van der Waals surface area contributed by atoms with Crippen LogP contribution in [0.3, 0.4) is 0 Å². The Morgan fingerprint density at radius 3 is 2.53 bits per heavy atom. The molecule has 112 valence electrons. The lowest BCUT2D eigenvalue weighted by molar-refractivity contribution is -0.153. The van der Waals surface area contributed by atoms with Crippen molar-refractivity contribution in [1.29, 1.82) is 0 Å². The summed E-state index contributed by atoms with van der Waals surface area (Å²) in [6, 6.07) is 0.584. The molecule has 3 nitrogen and oxygen atoms in total. The Kier molecular flexibility index (Phi) is 4.91. The lowest BCUT2D eigenvalue weighted by Gasteiger charge is -2.48. The van der Waals surface area contributed by atoms with E-state index < -0.39 is 0 Å². The number of hydrogen-bond acceptors (Lipinski definition) is 3. The Hall–Kier alpha value is -0.120. The van der Waals surface area contributed by atoms with Gasteiger partial charge in [-0.25, -0.2) is 0 Å². The van der Waals surface area contributed by atoms with E-state index >= 15 is 0 Å². The minimum absolute atomic E-state index is 0.111. The van der Waals surface area contributed by atoms with Crippen molar-refractivity contribution in [2.24, 2.45) is 11.3 Å². The first-order chi connectivity index (χ1) is 9.03. The van der Waals surface area contributed by atoms with Crippen molar-refractivity contribution in [2.45, 2.75) is 64.5 Å². The van der Waals surface area contributed by atoms with Crippen LogP contribution in [0, 0.1) is 11.3 Å². The van der Waals surface area contributed by atoms with E-state index in [4.69, 9.17) is 9.47 Å². The van der Waals surface area contributed by atoms with Crippen LogP contribution in [0.2, 0.25) is 0 Å². The van der Waals surface area contributed by atoms with E-state index in [-0.39, 0.29) is 5.60 Å². The molecule has 0 aliphatic carbocycles. The SMILES string of the molecule is CCC(C)(C)C(NC)C1CCOC2(CCOCC2)C1. The van der Waals surface area contributed by atoms with Gasteiger partial charge in [0, 0.05) is 25.9 Å². The van der Waals surface area contributed by atoms with Crippen LogP contribution in [0.15, 0.2) is 0 Å². The fourth-order valence-corrected chi connectivity index (χ4v) is 3.93. The molecule has 2 aliphatic rings. The van der Waals surface area contributed by atoms with Crippen molar-refractivity contribution in [3.8, 4) is 0 Å². The van der Waals surface area contributed by atoms with Gasteiger partial charge in [-0.05, 0) is 50.5 Å². The maximum Gasteiger partial charge on any atom is 0.0729 e. The highest BCUT2D eigenvalue weighted by Gasteiger charge is 2.43. The standard InChI is InChI=1S/C16H31NO2/c1-5-15(2,3)14(17-4)13-6-9-19-16(12-13)7-10-18-11-8-16/h13-14,17H,5-12H2,1-4H3. The molecule has 2 saturated heterocycles. The molecule has 1 spiro atoms. The van der Waals surface area contributed by atoms with Gasteiger partial charge in [0.2, 0.25) is 0 Å². The van der Waals surface area contributed by atoms with Gasteiger partial charge in [-0.1, -0.05) is 20.8 Å². The summed E-state index contributed by atoms with van der Waals surface area (Å²) in [4.78, 5) is 0. The Labute approximate surface area is 118 Å². The highest BCUT2D eigenvalue weighted by Crippen LogP contribution is 2.42. The molecule has 19 heavy (non-hydrogen) atoms. The van der Waals surface area contributed by atoms with Gasteiger partial charge >= 0.3 is 0 Å². The van der Waals surface area contributed by atoms with Crippen LogP contribution in [-0.4, -0.2) is 38.5 Å². The van der Waals surface area contributed by atoms with E-state index in [0.29, 0.717) is 11.5 Å². The molecule has 2 fully saturated rings. The molecule has 0 aromatic heterocycles. The van der Waals surface area contributed by atoms with Gasteiger partial charge in [0.25, 0.3) is 0 Å². The second-order valence-corrected chi connectivity index (χ2v) is 7.01. The van der Waals surface area contributed by atoms with Crippen LogP contribution in [0.1, 0.15) is 52.9 Å². The summed E-state index contributed by atoms with van der Waals surface area (Å²) in [6.07, 6.45) is 5.76. The van der Waals surface area contributed by atoms with Crippen molar-refractivity contribution < 1.29 is 9.47 Å². The predicted molar refractivity (Wildman–Crippen MR) is 78.4 cm³/mol. The minimum Gasteiger partial charge on any atom is -0.381 e. The van der Waals surface area contributed by atoms with E-state index in [1.165, 1.54) is 19.3 Å². The first-order valence-electron chi connectivity index (χ1n) is 7.92. The fourth-order valence-electron chi connectivity index (χ4n) is 3.93. The summed E-state index contributed by atoms with van der Waals surface area (Å²) >= 11 is 0. The summed E-state index contributed by atoms with van der Waals surface area (Å²) in [7, 11) is 2.12. The fraction of sp³-hybridized carbons (Fsp3) is 1.00. The average Bonchev–Trinajstić information content (AvgIpc) is 2.40. The first-order valence-corrected chi connectivity index (χ1v) is 7.92. The number of rotatable bonds is 4. The summed E-state index contributed by atoms with van der Waals surface area (Å²) in [5.74, 6) is 0.729.